The van der Waals surface area contributed by atoms with Crippen LogP contribution in [-0.2, 0) is 14.8 Å². The van der Waals surface area contributed by atoms with Crippen LogP contribution in [0.1, 0.15) is 19.4 Å². The van der Waals surface area contributed by atoms with Crippen molar-refractivity contribution in [3.8, 4) is 17.2 Å². The number of sulfonamides is 1. The van der Waals surface area contributed by atoms with Gasteiger partial charge in [0.15, 0.2) is 11.5 Å². The first-order valence-corrected chi connectivity index (χ1v) is 12.4. The second-order valence-electron chi connectivity index (χ2n) is 7.18. The number of rotatable bonds is 13. The molecule has 0 fully saturated rings. The highest BCUT2D eigenvalue weighted by Gasteiger charge is 2.17. The molecule has 2 aromatic rings. The lowest BCUT2D eigenvalue weighted by Crippen LogP contribution is -2.28. The molecule has 0 saturated heterocycles. The highest BCUT2D eigenvalue weighted by molar-refractivity contribution is 7.89. The Morgan fingerprint density at radius 2 is 1.68 bits per heavy atom. The minimum Gasteiger partial charge on any atom is -0.495 e. The van der Waals surface area contributed by atoms with Crippen LogP contribution in [0.5, 0.6) is 17.2 Å². The van der Waals surface area contributed by atoms with E-state index in [1.807, 2.05) is 0 Å². The summed E-state index contributed by atoms with van der Waals surface area (Å²) in [7, 11) is 0.556. The van der Waals surface area contributed by atoms with Gasteiger partial charge in [-0.25, -0.2) is 13.1 Å². The van der Waals surface area contributed by atoms with Crippen molar-refractivity contribution in [2.24, 2.45) is 0 Å². The third-order valence-corrected chi connectivity index (χ3v) is 6.60. The second kappa shape index (κ2) is 13.0. The van der Waals surface area contributed by atoms with Crippen molar-refractivity contribution in [2.45, 2.75) is 18.7 Å². The predicted molar refractivity (Wildman–Crippen MR) is 133 cm³/mol. The molecule has 2 rings (SSSR count). The van der Waals surface area contributed by atoms with E-state index in [4.69, 9.17) is 14.2 Å². The summed E-state index contributed by atoms with van der Waals surface area (Å²) in [6, 6.07) is 9.78. The Kier molecular flexibility index (Phi) is 10.4. The molecule has 0 unspecified atom stereocenters. The number of amides is 1. The van der Waals surface area contributed by atoms with Crippen LogP contribution in [0.25, 0.3) is 6.08 Å². The maximum absolute atomic E-state index is 12.5. The van der Waals surface area contributed by atoms with Crippen molar-refractivity contribution < 1.29 is 27.4 Å². The van der Waals surface area contributed by atoms with Crippen LogP contribution in [0.15, 0.2) is 47.4 Å². The van der Waals surface area contributed by atoms with Gasteiger partial charge in [0.2, 0.25) is 15.9 Å². The lowest BCUT2D eigenvalue weighted by atomic mass is 10.2. The van der Waals surface area contributed by atoms with Gasteiger partial charge in [0.1, 0.15) is 17.3 Å². The van der Waals surface area contributed by atoms with Crippen LogP contribution in [0.4, 0.5) is 5.69 Å². The maximum Gasteiger partial charge on any atom is 0.248 e. The molecule has 0 aromatic heterocycles. The van der Waals surface area contributed by atoms with Crippen LogP contribution in [-0.4, -0.2) is 66.7 Å². The van der Waals surface area contributed by atoms with Crippen LogP contribution >= 0.6 is 0 Å². The number of ether oxygens (including phenoxy) is 3. The molecule has 2 N–H and O–H groups in total. The Morgan fingerprint density at radius 3 is 2.29 bits per heavy atom. The summed E-state index contributed by atoms with van der Waals surface area (Å²) in [5.74, 6) is 0.939. The van der Waals surface area contributed by atoms with Crippen molar-refractivity contribution in [3.63, 3.8) is 0 Å². The van der Waals surface area contributed by atoms with Crippen LogP contribution in [0.3, 0.4) is 0 Å². The smallest absolute Gasteiger partial charge is 0.248 e. The summed E-state index contributed by atoms with van der Waals surface area (Å²) in [5, 5.41) is 2.78. The van der Waals surface area contributed by atoms with Gasteiger partial charge in [-0.05, 0) is 56.0 Å². The highest BCUT2D eigenvalue weighted by Crippen LogP contribution is 2.30. The largest absolute Gasteiger partial charge is 0.495 e. The van der Waals surface area contributed by atoms with Crippen molar-refractivity contribution >= 4 is 27.7 Å². The van der Waals surface area contributed by atoms with Crippen molar-refractivity contribution in [1.29, 1.82) is 0 Å². The molecule has 186 valence electrons. The summed E-state index contributed by atoms with van der Waals surface area (Å²) in [6.07, 6.45) is 2.84. The van der Waals surface area contributed by atoms with Crippen molar-refractivity contribution in [3.05, 3.63) is 48.0 Å². The number of nitrogens with zero attached hydrogens (tertiary/aromatic N) is 1. The van der Waals surface area contributed by atoms with E-state index in [1.165, 1.54) is 38.4 Å². The molecule has 10 heteroatoms. The SMILES string of the molecule is CCN(CC)CCOc1cc(NC(=O)/C=C/c2ccc(OC)c(S(=O)(=O)NC)c2)ccc1OC. The Balaban J connectivity index is 2.11. The fourth-order valence-corrected chi connectivity index (χ4v) is 4.09. The van der Waals surface area contributed by atoms with Gasteiger partial charge >= 0.3 is 0 Å². The Labute approximate surface area is 201 Å². The van der Waals surface area contributed by atoms with Gasteiger partial charge in [-0.1, -0.05) is 19.9 Å². The summed E-state index contributed by atoms with van der Waals surface area (Å²) in [5.41, 5.74) is 1.07. The maximum atomic E-state index is 12.5. The zero-order valence-electron chi connectivity index (χ0n) is 20.3. The van der Waals surface area contributed by atoms with E-state index in [9.17, 15) is 13.2 Å². The van der Waals surface area contributed by atoms with E-state index in [0.717, 1.165) is 19.6 Å². The number of benzene rings is 2. The number of carbonyl (C=O) groups excluding carboxylic acids is 1. The molecule has 0 bridgehead atoms. The summed E-state index contributed by atoms with van der Waals surface area (Å²) >= 11 is 0. The average Bonchev–Trinajstić information content (AvgIpc) is 2.85. The van der Waals surface area contributed by atoms with Crippen LogP contribution in [0, 0.1) is 0 Å². The summed E-state index contributed by atoms with van der Waals surface area (Å²) < 4.78 is 43.1. The summed E-state index contributed by atoms with van der Waals surface area (Å²) in [4.78, 5) is 14.7. The molecule has 34 heavy (non-hydrogen) atoms. The molecule has 0 atom stereocenters. The Hall–Kier alpha value is -3.08. The normalized spacial score (nSPS) is 11.6. The molecule has 0 aliphatic heterocycles. The van der Waals surface area contributed by atoms with Crippen LogP contribution < -0.4 is 24.2 Å². The fourth-order valence-electron chi connectivity index (χ4n) is 3.16. The van der Waals surface area contributed by atoms with Gasteiger partial charge in [0.25, 0.3) is 0 Å². The molecule has 2 aromatic carbocycles. The van der Waals surface area contributed by atoms with Gasteiger partial charge in [-0.2, -0.15) is 0 Å². The number of hydrogen-bond acceptors (Lipinski definition) is 7. The number of carbonyl (C=O) groups is 1. The van der Waals surface area contributed by atoms with Crippen molar-refractivity contribution in [2.75, 3.05) is 52.8 Å². The molecule has 0 aliphatic carbocycles. The Bertz CT molecular complexity index is 1100. The van der Waals surface area contributed by atoms with E-state index in [-0.39, 0.29) is 16.6 Å². The van der Waals surface area contributed by atoms with E-state index in [0.29, 0.717) is 29.4 Å². The third-order valence-electron chi connectivity index (χ3n) is 5.16. The first-order chi connectivity index (χ1) is 16.3. The van der Waals surface area contributed by atoms with Gasteiger partial charge in [0, 0.05) is 24.4 Å². The molecule has 0 aliphatic rings. The number of likely N-dealkylation sites (N-methyl/N-ethyl adjacent to an activating group) is 1. The minimum atomic E-state index is -3.72. The second-order valence-corrected chi connectivity index (χ2v) is 9.04. The highest BCUT2D eigenvalue weighted by atomic mass is 32.2. The quantitative estimate of drug-likeness (QED) is 0.415. The fraction of sp³-hybridized carbons (Fsp3) is 0.375. The molecule has 0 radical (unpaired) electrons. The lowest BCUT2D eigenvalue weighted by molar-refractivity contribution is -0.111. The molecule has 9 nitrogen and oxygen atoms in total. The standard InChI is InChI=1S/C24H33N3O6S/c1-6-27(7-2)14-15-33-22-17-19(10-12-20(22)31-4)26-24(28)13-9-18-8-11-21(32-5)23(16-18)34(29,30)25-3/h8-13,16-17,25H,6-7,14-15H2,1-5H3,(H,26,28)/b13-9+. The van der Waals surface area contributed by atoms with E-state index in [1.54, 1.807) is 31.4 Å². The number of hydrogen-bond donors (Lipinski definition) is 2. The molecular weight excluding hydrogens is 458 g/mol. The number of nitrogens with one attached hydrogen (secondary N) is 2. The van der Waals surface area contributed by atoms with Gasteiger partial charge in [-0.3, -0.25) is 4.79 Å². The average molecular weight is 492 g/mol. The number of anilines is 1. The van der Waals surface area contributed by atoms with Gasteiger partial charge in [0.05, 0.1) is 14.2 Å². The lowest BCUT2D eigenvalue weighted by Gasteiger charge is -2.19. The van der Waals surface area contributed by atoms with E-state index >= 15 is 0 Å². The van der Waals surface area contributed by atoms with Crippen LogP contribution in [0.2, 0.25) is 0 Å². The Morgan fingerprint density at radius 1 is 1.00 bits per heavy atom. The molecule has 0 saturated carbocycles. The zero-order chi connectivity index (χ0) is 25.1. The molecular formula is C24H33N3O6S. The first-order valence-electron chi connectivity index (χ1n) is 10.9. The van der Waals surface area contributed by atoms with Gasteiger partial charge in [-0.15, -0.1) is 0 Å². The summed E-state index contributed by atoms with van der Waals surface area (Å²) in [6.45, 7) is 7.35. The number of methoxy groups -OCH3 is 2. The third kappa shape index (κ3) is 7.47. The van der Waals surface area contributed by atoms with Gasteiger partial charge < -0.3 is 24.4 Å². The van der Waals surface area contributed by atoms with E-state index < -0.39 is 10.0 Å². The molecule has 0 spiro atoms. The van der Waals surface area contributed by atoms with E-state index in [2.05, 4.69) is 28.8 Å². The van der Waals surface area contributed by atoms with Crippen molar-refractivity contribution in [1.82, 2.24) is 9.62 Å². The molecule has 1 amide bonds. The predicted octanol–water partition coefficient (Wildman–Crippen LogP) is 2.98. The topological polar surface area (TPSA) is 106 Å². The monoisotopic (exact) mass is 491 g/mol. The first kappa shape index (κ1) is 27.2. The molecule has 0 heterocycles. The zero-order valence-corrected chi connectivity index (χ0v) is 21.1. The minimum absolute atomic E-state index is 0.0123.